The van der Waals surface area contributed by atoms with Crippen LogP contribution in [0.5, 0.6) is 0 Å². The van der Waals surface area contributed by atoms with E-state index >= 15 is 0 Å². The van der Waals surface area contributed by atoms with Crippen molar-refractivity contribution in [3.05, 3.63) is 27.1 Å². The standard InChI is InChI=1S/C15H19N3O2S2/c1-10-11(2)22-14-13(10)15(20)18(9-16-14)4-3-12(19)17-5-7-21-8-6-17/h9H,3-8H2,1-2H3. The molecule has 0 saturated carbocycles. The van der Waals surface area contributed by atoms with Crippen molar-refractivity contribution in [2.24, 2.45) is 0 Å². The Morgan fingerprint density at radius 2 is 2.05 bits per heavy atom. The molecular weight excluding hydrogens is 318 g/mol. The minimum atomic E-state index is -0.0335. The molecule has 1 aliphatic rings. The number of carbonyl (C=O) groups is 1. The Morgan fingerprint density at radius 3 is 2.77 bits per heavy atom. The van der Waals surface area contributed by atoms with Crippen LogP contribution in [0.15, 0.2) is 11.1 Å². The number of hydrogen-bond donors (Lipinski definition) is 0. The van der Waals surface area contributed by atoms with Gasteiger partial charge in [0.25, 0.3) is 5.56 Å². The summed E-state index contributed by atoms with van der Waals surface area (Å²) >= 11 is 3.43. The molecule has 3 rings (SSSR count). The second-order valence-electron chi connectivity index (χ2n) is 5.45. The number of thioether (sulfide) groups is 1. The number of rotatable bonds is 3. The Hall–Kier alpha value is -1.34. The summed E-state index contributed by atoms with van der Waals surface area (Å²) in [5.41, 5.74) is 0.972. The van der Waals surface area contributed by atoms with Gasteiger partial charge in [0.1, 0.15) is 4.83 Å². The van der Waals surface area contributed by atoms with E-state index in [4.69, 9.17) is 0 Å². The fourth-order valence-electron chi connectivity index (χ4n) is 2.62. The molecule has 3 heterocycles. The molecule has 2 aromatic heterocycles. The van der Waals surface area contributed by atoms with Crippen molar-refractivity contribution in [2.45, 2.75) is 26.8 Å². The predicted octanol–water partition coefficient (Wildman–Crippen LogP) is 2.04. The highest BCUT2D eigenvalue weighted by atomic mass is 32.2. The SMILES string of the molecule is Cc1sc2ncn(CCC(=O)N3CCSCC3)c(=O)c2c1C. The molecule has 0 N–H and O–H groups in total. The van der Waals surface area contributed by atoms with Crippen LogP contribution in [0.25, 0.3) is 10.2 Å². The van der Waals surface area contributed by atoms with Gasteiger partial charge in [-0.05, 0) is 19.4 Å². The average molecular weight is 337 g/mol. The number of hydrogen-bond acceptors (Lipinski definition) is 5. The van der Waals surface area contributed by atoms with Gasteiger partial charge in [-0.15, -0.1) is 11.3 Å². The number of aryl methyl sites for hydroxylation is 3. The van der Waals surface area contributed by atoms with Gasteiger partial charge >= 0.3 is 0 Å². The summed E-state index contributed by atoms with van der Waals surface area (Å²) in [6, 6.07) is 0. The summed E-state index contributed by atoms with van der Waals surface area (Å²) in [6.45, 7) is 6.00. The molecule has 0 aliphatic carbocycles. The number of carbonyl (C=O) groups excluding carboxylic acids is 1. The zero-order valence-corrected chi connectivity index (χ0v) is 14.4. The molecule has 0 bridgehead atoms. The summed E-state index contributed by atoms with van der Waals surface area (Å²) < 4.78 is 1.57. The third kappa shape index (κ3) is 2.92. The van der Waals surface area contributed by atoms with Gasteiger partial charge < -0.3 is 4.90 Å². The number of aromatic nitrogens is 2. The van der Waals surface area contributed by atoms with Crippen LogP contribution in [0.3, 0.4) is 0 Å². The monoisotopic (exact) mass is 337 g/mol. The van der Waals surface area contributed by atoms with E-state index < -0.39 is 0 Å². The van der Waals surface area contributed by atoms with E-state index in [0.717, 1.165) is 39.9 Å². The highest BCUT2D eigenvalue weighted by molar-refractivity contribution is 7.99. The van der Waals surface area contributed by atoms with Gasteiger partial charge in [-0.2, -0.15) is 11.8 Å². The maximum absolute atomic E-state index is 12.6. The second kappa shape index (κ2) is 6.42. The van der Waals surface area contributed by atoms with Crippen LogP contribution in [-0.2, 0) is 11.3 Å². The van der Waals surface area contributed by atoms with E-state index in [2.05, 4.69) is 4.98 Å². The lowest BCUT2D eigenvalue weighted by Gasteiger charge is -2.26. The molecule has 7 heteroatoms. The number of thiophene rings is 1. The lowest BCUT2D eigenvalue weighted by molar-refractivity contribution is -0.131. The van der Waals surface area contributed by atoms with Crippen LogP contribution in [0.1, 0.15) is 16.9 Å². The van der Waals surface area contributed by atoms with E-state index in [1.165, 1.54) is 0 Å². The normalized spacial score (nSPS) is 15.5. The van der Waals surface area contributed by atoms with E-state index in [-0.39, 0.29) is 11.5 Å². The largest absolute Gasteiger partial charge is 0.341 e. The summed E-state index contributed by atoms with van der Waals surface area (Å²) in [5, 5.41) is 0.701. The lowest BCUT2D eigenvalue weighted by Crippen LogP contribution is -2.38. The van der Waals surface area contributed by atoms with Crippen LogP contribution in [0, 0.1) is 13.8 Å². The second-order valence-corrected chi connectivity index (χ2v) is 7.88. The minimum absolute atomic E-state index is 0.0335. The van der Waals surface area contributed by atoms with Crippen LogP contribution < -0.4 is 5.56 Å². The Kier molecular flexibility index (Phi) is 4.54. The van der Waals surface area contributed by atoms with Crippen LogP contribution >= 0.6 is 23.1 Å². The smallest absolute Gasteiger partial charge is 0.262 e. The zero-order chi connectivity index (χ0) is 15.7. The van der Waals surface area contributed by atoms with Gasteiger partial charge in [-0.25, -0.2) is 4.98 Å². The maximum atomic E-state index is 12.6. The van der Waals surface area contributed by atoms with Crippen LogP contribution in [-0.4, -0.2) is 45.0 Å². The van der Waals surface area contributed by atoms with Crippen molar-refractivity contribution in [3.8, 4) is 0 Å². The van der Waals surface area contributed by atoms with Crippen molar-refractivity contribution < 1.29 is 4.79 Å². The van der Waals surface area contributed by atoms with Gasteiger partial charge in [0, 0.05) is 42.4 Å². The Balaban J connectivity index is 1.76. The molecular formula is C15H19N3O2S2. The summed E-state index contributed by atoms with van der Waals surface area (Å²) in [7, 11) is 0. The van der Waals surface area contributed by atoms with Crippen molar-refractivity contribution in [1.29, 1.82) is 0 Å². The first-order valence-electron chi connectivity index (χ1n) is 7.38. The minimum Gasteiger partial charge on any atom is -0.341 e. The van der Waals surface area contributed by atoms with Gasteiger partial charge in [0.2, 0.25) is 5.91 Å². The van der Waals surface area contributed by atoms with Crippen LogP contribution in [0.2, 0.25) is 0 Å². The highest BCUT2D eigenvalue weighted by Gasteiger charge is 2.17. The Morgan fingerprint density at radius 1 is 1.32 bits per heavy atom. The first-order valence-corrected chi connectivity index (χ1v) is 9.35. The fourth-order valence-corrected chi connectivity index (χ4v) is 4.51. The molecule has 1 amide bonds. The van der Waals surface area contributed by atoms with Gasteiger partial charge in [0.05, 0.1) is 11.7 Å². The molecule has 2 aromatic rings. The summed E-state index contributed by atoms with van der Waals surface area (Å²) in [5.74, 6) is 2.14. The van der Waals surface area contributed by atoms with Crippen molar-refractivity contribution >= 4 is 39.2 Å². The van der Waals surface area contributed by atoms with Gasteiger partial charge in [-0.1, -0.05) is 0 Å². The molecule has 22 heavy (non-hydrogen) atoms. The van der Waals surface area contributed by atoms with Crippen molar-refractivity contribution in [1.82, 2.24) is 14.5 Å². The average Bonchev–Trinajstić information content (AvgIpc) is 2.83. The van der Waals surface area contributed by atoms with Gasteiger partial charge in [-0.3, -0.25) is 14.2 Å². The number of fused-ring (bicyclic) bond motifs is 1. The van der Waals surface area contributed by atoms with Crippen molar-refractivity contribution in [2.75, 3.05) is 24.6 Å². The Labute approximate surface area is 137 Å². The molecule has 118 valence electrons. The van der Waals surface area contributed by atoms with Gasteiger partial charge in [0.15, 0.2) is 0 Å². The molecule has 0 aromatic carbocycles. The quantitative estimate of drug-likeness (QED) is 0.860. The van der Waals surface area contributed by atoms with E-state index in [1.807, 2.05) is 30.5 Å². The van der Waals surface area contributed by atoms with Crippen LogP contribution in [0.4, 0.5) is 0 Å². The summed E-state index contributed by atoms with van der Waals surface area (Å²) in [4.78, 5) is 32.9. The third-order valence-electron chi connectivity index (χ3n) is 4.09. The third-order valence-corrected chi connectivity index (χ3v) is 6.14. The molecule has 0 spiro atoms. The number of amides is 1. The molecule has 1 fully saturated rings. The topological polar surface area (TPSA) is 55.2 Å². The first-order chi connectivity index (χ1) is 10.6. The molecule has 0 radical (unpaired) electrons. The fraction of sp³-hybridized carbons (Fsp3) is 0.533. The first kappa shape index (κ1) is 15.6. The zero-order valence-electron chi connectivity index (χ0n) is 12.8. The number of nitrogens with zero attached hydrogens (tertiary/aromatic N) is 3. The summed E-state index contributed by atoms with van der Waals surface area (Å²) in [6.07, 6.45) is 1.93. The van der Waals surface area contributed by atoms with E-state index in [9.17, 15) is 9.59 Å². The highest BCUT2D eigenvalue weighted by Crippen LogP contribution is 2.25. The molecule has 5 nitrogen and oxygen atoms in total. The molecule has 1 saturated heterocycles. The predicted molar refractivity (Wildman–Crippen MR) is 91.9 cm³/mol. The van der Waals surface area contributed by atoms with E-state index in [0.29, 0.717) is 18.4 Å². The molecule has 1 aliphatic heterocycles. The lowest BCUT2D eigenvalue weighted by atomic mass is 10.2. The maximum Gasteiger partial charge on any atom is 0.262 e. The Bertz CT molecular complexity index is 760. The molecule has 0 atom stereocenters. The van der Waals surface area contributed by atoms with E-state index in [1.54, 1.807) is 22.2 Å². The molecule has 0 unspecified atom stereocenters. The van der Waals surface area contributed by atoms with Crippen molar-refractivity contribution in [3.63, 3.8) is 0 Å².